The van der Waals surface area contributed by atoms with Gasteiger partial charge < -0.3 is 29.8 Å². The number of carbonyl (C=O) groups excluding carboxylic acids is 4. The van der Waals surface area contributed by atoms with Crippen molar-refractivity contribution in [3.8, 4) is 0 Å². The maximum atomic E-state index is 14.5. The van der Waals surface area contributed by atoms with Gasteiger partial charge in [-0.25, -0.2) is 0 Å². The molecule has 3 amide bonds. The highest BCUT2D eigenvalue weighted by Gasteiger charge is 2.41. The summed E-state index contributed by atoms with van der Waals surface area (Å²) in [6, 6.07) is -0.877. The van der Waals surface area contributed by atoms with Crippen molar-refractivity contribution in [2.75, 3.05) is 40.5 Å². The van der Waals surface area contributed by atoms with Gasteiger partial charge in [0.15, 0.2) is 0 Å². The number of aldehydes is 1. The second-order valence-electron chi connectivity index (χ2n) is 8.04. The molecule has 1 fully saturated rings. The third-order valence-electron chi connectivity index (χ3n) is 5.32. The number of amides is 3. The number of ether oxygens (including phenoxy) is 2. The lowest BCUT2D eigenvalue weighted by Gasteiger charge is -2.25. The second kappa shape index (κ2) is 14.6. The summed E-state index contributed by atoms with van der Waals surface area (Å²) in [6.07, 6.45) is 4.40. The van der Waals surface area contributed by atoms with Crippen LogP contribution >= 0.6 is 0 Å². The Morgan fingerprint density at radius 1 is 1.22 bits per heavy atom. The monoisotopic (exact) mass is 521 g/mol. The fraction of sp³-hybridized carbons (Fsp3) is 0.385. The molecule has 0 aliphatic carbocycles. The first kappa shape index (κ1) is 31.2. The zero-order valence-electron chi connectivity index (χ0n) is 21.1. The lowest BCUT2D eigenvalue weighted by molar-refractivity contribution is -0.140. The summed E-state index contributed by atoms with van der Waals surface area (Å²) in [7, 11) is 2.90. The van der Waals surface area contributed by atoms with Gasteiger partial charge in [-0.15, -0.1) is 0 Å². The fourth-order valence-corrected chi connectivity index (χ4v) is 3.22. The van der Waals surface area contributed by atoms with Crippen LogP contribution in [0.5, 0.6) is 0 Å². The number of carbonyl (C=O) groups is 4. The molecule has 37 heavy (non-hydrogen) atoms. The summed E-state index contributed by atoms with van der Waals surface area (Å²) >= 11 is 0. The Morgan fingerprint density at radius 3 is 2.49 bits per heavy atom. The molecular weight excluding hydrogens is 488 g/mol. The number of halogens is 2. The molecule has 1 saturated heterocycles. The molecule has 0 aromatic rings. The Morgan fingerprint density at radius 2 is 1.89 bits per heavy atom. The normalized spacial score (nSPS) is 15.6. The van der Waals surface area contributed by atoms with Crippen LogP contribution in [0.1, 0.15) is 12.8 Å². The third kappa shape index (κ3) is 8.94. The molecule has 0 spiro atoms. The van der Waals surface area contributed by atoms with Crippen molar-refractivity contribution in [3.63, 3.8) is 0 Å². The van der Waals surface area contributed by atoms with Crippen LogP contribution in [0.25, 0.3) is 0 Å². The fourth-order valence-electron chi connectivity index (χ4n) is 3.22. The second-order valence-corrected chi connectivity index (χ2v) is 8.04. The standard InChI is InChI=1S/C26H33F2N3O6/c1-17(14-21-16-31(24(34)20(21)4)22(8-7-11-32)23(33)29-5)15-30-25(35)26(27,28)18(2)9-10-19(3)37-13-12-36-6/h9-11,14,22H,1-4,7-8,12-13,15-16H2,5-6H3,(H,29,33)(H,30,35)/b10-9-,21-14-. The molecule has 0 aromatic heterocycles. The predicted octanol–water partition coefficient (Wildman–Crippen LogP) is 2.00. The molecule has 1 unspecified atom stereocenters. The Balaban J connectivity index is 2.79. The van der Waals surface area contributed by atoms with Crippen LogP contribution in [-0.2, 0) is 28.7 Å². The smallest absolute Gasteiger partial charge is 0.349 e. The van der Waals surface area contributed by atoms with Gasteiger partial charge in [0.25, 0.3) is 11.8 Å². The zero-order chi connectivity index (χ0) is 28.2. The largest absolute Gasteiger partial charge is 0.492 e. The highest BCUT2D eigenvalue weighted by molar-refractivity contribution is 6.03. The van der Waals surface area contributed by atoms with Gasteiger partial charge in [-0.05, 0) is 29.7 Å². The van der Waals surface area contributed by atoms with Crippen LogP contribution in [0.3, 0.4) is 0 Å². The van der Waals surface area contributed by atoms with E-state index in [1.165, 1.54) is 25.1 Å². The number of hydrogen-bond donors (Lipinski definition) is 2. The molecule has 0 radical (unpaired) electrons. The van der Waals surface area contributed by atoms with Crippen molar-refractivity contribution in [3.05, 3.63) is 72.6 Å². The molecular formula is C26H33F2N3O6. The van der Waals surface area contributed by atoms with Crippen molar-refractivity contribution in [1.82, 2.24) is 15.5 Å². The minimum atomic E-state index is -3.92. The number of nitrogens with one attached hydrogen (secondary N) is 2. The molecule has 1 aliphatic heterocycles. The molecule has 2 N–H and O–H groups in total. The summed E-state index contributed by atoms with van der Waals surface area (Å²) in [5.41, 5.74) is -0.0357. The predicted molar refractivity (Wildman–Crippen MR) is 134 cm³/mol. The van der Waals surface area contributed by atoms with E-state index in [2.05, 4.69) is 36.9 Å². The Labute approximate surface area is 215 Å². The van der Waals surface area contributed by atoms with Crippen molar-refractivity contribution >= 4 is 24.0 Å². The SMILES string of the molecule is C=C(/C=C1/CN(C(CCC=O)C(=O)NC)C(=O)C1=C)CNC(=O)C(F)(F)C(=C)/C=C\C(=C)OCCOC. The number of hydrogen-bond acceptors (Lipinski definition) is 6. The van der Waals surface area contributed by atoms with Gasteiger partial charge in [-0.2, -0.15) is 8.78 Å². The molecule has 9 nitrogen and oxygen atoms in total. The maximum absolute atomic E-state index is 14.5. The maximum Gasteiger partial charge on any atom is 0.349 e. The number of likely N-dealkylation sites (tertiary alicyclic amines) is 1. The Hall–Kier alpha value is -3.86. The van der Waals surface area contributed by atoms with Crippen LogP contribution in [0.15, 0.2) is 72.6 Å². The topological polar surface area (TPSA) is 114 Å². The molecule has 0 aromatic carbocycles. The van der Waals surface area contributed by atoms with Gasteiger partial charge in [-0.3, -0.25) is 14.4 Å². The molecule has 1 atom stereocenters. The van der Waals surface area contributed by atoms with Crippen LogP contribution in [0, 0.1) is 0 Å². The molecule has 0 bridgehead atoms. The van der Waals surface area contributed by atoms with Gasteiger partial charge >= 0.3 is 5.92 Å². The highest BCUT2D eigenvalue weighted by atomic mass is 19.3. The highest BCUT2D eigenvalue weighted by Crippen LogP contribution is 2.27. The average Bonchev–Trinajstić information content (AvgIpc) is 3.14. The van der Waals surface area contributed by atoms with Crippen LogP contribution in [-0.4, -0.2) is 81.3 Å². The van der Waals surface area contributed by atoms with E-state index < -0.39 is 35.3 Å². The van der Waals surface area contributed by atoms with E-state index in [0.717, 1.165) is 12.2 Å². The van der Waals surface area contributed by atoms with Gasteiger partial charge in [0.1, 0.15) is 24.7 Å². The Kier molecular flexibility index (Phi) is 12.3. The lowest BCUT2D eigenvalue weighted by Crippen LogP contribution is -2.46. The van der Waals surface area contributed by atoms with Gasteiger partial charge in [0.05, 0.1) is 6.61 Å². The lowest BCUT2D eigenvalue weighted by atomic mass is 10.1. The zero-order valence-corrected chi connectivity index (χ0v) is 21.1. The van der Waals surface area contributed by atoms with Crippen molar-refractivity contribution in [2.45, 2.75) is 24.8 Å². The number of allylic oxidation sites excluding steroid dienone is 2. The number of nitrogens with zero attached hydrogens (tertiary/aromatic N) is 1. The number of alkyl halides is 2. The van der Waals surface area contributed by atoms with Gasteiger partial charge in [-0.1, -0.05) is 32.4 Å². The van der Waals surface area contributed by atoms with E-state index in [1.54, 1.807) is 0 Å². The third-order valence-corrected chi connectivity index (χ3v) is 5.32. The van der Waals surface area contributed by atoms with Crippen LogP contribution < -0.4 is 10.6 Å². The van der Waals surface area contributed by atoms with Crippen molar-refractivity contribution in [2.24, 2.45) is 0 Å². The van der Waals surface area contributed by atoms with E-state index in [-0.39, 0.29) is 49.4 Å². The Bertz CT molecular complexity index is 1020. The summed E-state index contributed by atoms with van der Waals surface area (Å²) in [5.74, 6) is -6.34. The van der Waals surface area contributed by atoms with Crippen molar-refractivity contribution in [1.29, 1.82) is 0 Å². The molecule has 1 heterocycles. The quantitative estimate of drug-likeness (QED) is 0.106. The number of methoxy groups -OCH3 is 1. The van der Waals surface area contributed by atoms with Crippen molar-refractivity contribution < 1.29 is 37.4 Å². The van der Waals surface area contributed by atoms with E-state index in [1.807, 2.05) is 0 Å². The first-order valence-corrected chi connectivity index (χ1v) is 11.3. The van der Waals surface area contributed by atoms with E-state index >= 15 is 0 Å². The minimum Gasteiger partial charge on any atom is -0.492 e. The first-order valence-electron chi connectivity index (χ1n) is 11.3. The van der Waals surface area contributed by atoms with Gasteiger partial charge in [0, 0.05) is 44.8 Å². The summed E-state index contributed by atoms with van der Waals surface area (Å²) in [4.78, 5) is 49.0. The molecule has 1 rings (SSSR count). The molecule has 0 saturated carbocycles. The van der Waals surface area contributed by atoms with Crippen LogP contribution in [0.4, 0.5) is 8.78 Å². The summed E-state index contributed by atoms with van der Waals surface area (Å²) in [5, 5.41) is 4.55. The van der Waals surface area contributed by atoms with E-state index in [0.29, 0.717) is 18.5 Å². The average molecular weight is 522 g/mol. The number of rotatable bonds is 16. The molecule has 1 aliphatic rings. The first-order chi connectivity index (χ1) is 17.4. The van der Waals surface area contributed by atoms with E-state index in [9.17, 15) is 28.0 Å². The molecule has 11 heteroatoms. The minimum absolute atomic E-state index is 0.00960. The van der Waals surface area contributed by atoms with E-state index in [4.69, 9.17) is 9.47 Å². The number of likely N-dealkylation sites (N-methyl/N-ethyl adjacent to an activating group) is 1. The van der Waals surface area contributed by atoms with Gasteiger partial charge in [0.2, 0.25) is 5.91 Å². The van der Waals surface area contributed by atoms with Crippen LogP contribution in [0.2, 0.25) is 0 Å². The summed E-state index contributed by atoms with van der Waals surface area (Å²) in [6.45, 7) is 14.4. The summed E-state index contributed by atoms with van der Waals surface area (Å²) < 4.78 is 38.9. The molecule has 202 valence electrons.